The van der Waals surface area contributed by atoms with Gasteiger partial charge >= 0.3 is 0 Å². The van der Waals surface area contributed by atoms with Gasteiger partial charge in [-0.15, -0.1) is 0 Å². The van der Waals surface area contributed by atoms with Gasteiger partial charge in [0, 0.05) is 32.7 Å². The molecule has 1 N–H and O–H groups in total. The summed E-state index contributed by atoms with van der Waals surface area (Å²) in [5.41, 5.74) is 3.04. The normalized spacial score (nSPS) is 16.7. The van der Waals surface area contributed by atoms with E-state index >= 15 is 0 Å². The number of ether oxygens (including phenoxy) is 1. The van der Waals surface area contributed by atoms with Crippen LogP contribution in [-0.4, -0.2) is 61.6 Å². The van der Waals surface area contributed by atoms with Gasteiger partial charge in [0.25, 0.3) is 0 Å². The molecule has 0 aromatic heterocycles. The van der Waals surface area contributed by atoms with Crippen molar-refractivity contribution in [3.63, 3.8) is 0 Å². The molecule has 3 rings (SSSR count). The number of nitrogens with zero attached hydrogens (tertiary/aromatic N) is 2. The Morgan fingerprint density at radius 3 is 2.55 bits per heavy atom. The minimum atomic E-state index is -0.178. The van der Waals surface area contributed by atoms with Crippen molar-refractivity contribution in [2.24, 2.45) is 0 Å². The molecular weight excluding hydrogens is 362 g/mol. The fourth-order valence-corrected chi connectivity index (χ4v) is 3.56. The van der Waals surface area contributed by atoms with Gasteiger partial charge in [-0.1, -0.05) is 48.6 Å². The van der Waals surface area contributed by atoms with Crippen molar-refractivity contribution in [1.29, 1.82) is 0 Å². The van der Waals surface area contributed by atoms with Crippen molar-refractivity contribution in [3.8, 4) is 5.75 Å². The second-order valence-corrected chi connectivity index (χ2v) is 7.52. The van der Waals surface area contributed by atoms with Crippen LogP contribution in [0.3, 0.4) is 0 Å². The van der Waals surface area contributed by atoms with Gasteiger partial charge in [-0.25, -0.2) is 0 Å². The standard InChI is InChI=1S/C24H31N3O2/c1-19-11-12-23(29-3)22(18-19)25-24(28)20(2)27-16-14-26(15-17-27)13-7-10-21-8-5-4-6-9-21/h4-12,18,20H,13-17H2,1-3H3,(H,25,28)/b10-7+/t20-/m1/s1. The number of amides is 1. The van der Waals surface area contributed by atoms with E-state index in [0.29, 0.717) is 5.75 Å². The summed E-state index contributed by atoms with van der Waals surface area (Å²) in [5.74, 6) is 0.692. The Hall–Kier alpha value is -2.63. The highest BCUT2D eigenvalue weighted by molar-refractivity contribution is 5.96. The van der Waals surface area contributed by atoms with Gasteiger partial charge in [-0.3, -0.25) is 14.6 Å². The highest BCUT2D eigenvalue weighted by atomic mass is 16.5. The number of carbonyl (C=O) groups excluding carboxylic acids is 1. The summed E-state index contributed by atoms with van der Waals surface area (Å²) in [6, 6.07) is 16.0. The van der Waals surface area contributed by atoms with Crippen molar-refractivity contribution < 1.29 is 9.53 Å². The van der Waals surface area contributed by atoms with E-state index in [-0.39, 0.29) is 11.9 Å². The van der Waals surface area contributed by atoms with Gasteiger partial charge in [-0.05, 0) is 37.1 Å². The Morgan fingerprint density at radius 2 is 1.86 bits per heavy atom. The van der Waals surface area contributed by atoms with Crippen LogP contribution in [0, 0.1) is 6.92 Å². The lowest BCUT2D eigenvalue weighted by Gasteiger charge is -2.37. The predicted octanol–water partition coefficient (Wildman–Crippen LogP) is 3.66. The first-order valence-corrected chi connectivity index (χ1v) is 10.2. The quantitative estimate of drug-likeness (QED) is 0.780. The summed E-state index contributed by atoms with van der Waals surface area (Å²) < 4.78 is 5.37. The van der Waals surface area contributed by atoms with Crippen LogP contribution in [0.5, 0.6) is 5.75 Å². The average molecular weight is 394 g/mol. The van der Waals surface area contributed by atoms with Gasteiger partial charge in [0.15, 0.2) is 0 Å². The van der Waals surface area contributed by atoms with Crippen molar-refractivity contribution in [2.75, 3.05) is 45.2 Å². The third-order valence-electron chi connectivity index (χ3n) is 5.42. The van der Waals surface area contributed by atoms with E-state index in [1.807, 2.05) is 38.1 Å². The number of hydrogen-bond acceptors (Lipinski definition) is 4. The molecule has 29 heavy (non-hydrogen) atoms. The molecule has 1 aliphatic heterocycles. The molecule has 0 bridgehead atoms. The Kier molecular flexibility index (Phi) is 7.44. The first kappa shape index (κ1) is 21.1. The highest BCUT2D eigenvalue weighted by Gasteiger charge is 2.25. The molecule has 0 unspecified atom stereocenters. The molecular formula is C24H31N3O2. The van der Waals surface area contributed by atoms with Crippen LogP contribution in [0.2, 0.25) is 0 Å². The van der Waals surface area contributed by atoms with Crippen LogP contribution in [0.15, 0.2) is 54.6 Å². The summed E-state index contributed by atoms with van der Waals surface area (Å²) in [5, 5.41) is 3.03. The first-order chi connectivity index (χ1) is 14.1. The molecule has 5 heteroatoms. The Morgan fingerprint density at radius 1 is 1.14 bits per heavy atom. The van der Waals surface area contributed by atoms with Gasteiger partial charge in [0.1, 0.15) is 5.75 Å². The molecule has 1 fully saturated rings. The van der Waals surface area contributed by atoms with Crippen molar-refractivity contribution >= 4 is 17.7 Å². The third-order valence-corrected chi connectivity index (χ3v) is 5.42. The van der Waals surface area contributed by atoms with Crippen LogP contribution < -0.4 is 10.1 Å². The van der Waals surface area contributed by atoms with E-state index in [4.69, 9.17) is 4.74 Å². The summed E-state index contributed by atoms with van der Waals surface area (Å²) in [6.07, 6.45) is 4.38. The number of anilines is 1. The number of benzene rings is 2. The fourth-order valence-electron chi connectivity index (χ4n) is 3.56. The molecule has 5 nitrogen and oxygen atoms in total. The highest BCUT2D eigenvalue weighted by Crippen LogP contribution is 2.25. The van der Waals surface area contributed by atoms with Gasteiger partial charge < -0.3 is 10.1 Å². The second-order valence-electron chi connectivity index (χ2n) is 7.52. The molecule has 0 radical (unpaired) electrons. The Balaban J connectivity index is 1.48. The minimum absolute atomic E-state index is 0.00586. The number of nitrogens with one attached hydrogen (secondary N) is 1. The lowest BCUT2D eigenvalue weighted by atomic mass is 10.1. The summed E-state index contributed by atoms with van der Waals surface area (Å²) in [7, 11) is 1.62. The topological polar surface area (TPSA) is 44.8 Å². The van der Waals surface area contributed by atoms with Gasteiger partial charge in [0.05, 0.1) is 18.8 Å². The van der Waals surface area contributed by atoms with Gasteiger partial charge in [0.2, 0.25) is 5.91 Å². The zero-order valence-electron chi connectivity index (χ0n) is 17.6. The number of hydrogen-bond donors (Lipinski definition) is 1. The molecule has 0 saturated carbocycles. The van der Waals surface area contributed by atoms with Crippen molar-refractivity contribution in [3.05, 3.63) is 65.7 Å². The lowest BCUT2D eigenvalue weighted by Crippen LogP contribution is -2.52. The largest absolute Gasteiger partial charge is 0.495 e. The zero-order valence-corrected chi connectivity index (χ0v) is 17.6. The van der Waals surface area contributed by atoms with Crippen molar-refractivity contribution in [1.82, 2.24) is 9.80 Å². The number of methoxy groups -OCH3 is 1. The number of aryl methyl sites for hydroxylation is 1. The summed E-state index contributed by atoms with van der Waals surface area (Å²) in [6.45, 7) is 8.61. The second kappa shape index (κ2) is 10.2. The van der Waals surface area contributed by atoms with E-state index in [0.717, 1.165) is 44.0 Å². The van der Waals surface area contributed by atoms with E-state index < -0.39 is 0 Å². The number of carbonyl (C=O) groups is 1. The smallest absolute Gasteiger partial charge is 0.241 e. The molecule has 2 aromatic rings. The number of piperazine rings is 1. The SMILES string of the molecule is COc1ccc(C)cc1NC(=O)[C@@H](C)N1CCN(C/C=C/c2ccccc2)CC1. The molecule has 0 spiro atoms. The lowest BCUT2D eigenvalue weighted by molar-refractivity contribution is -0.121. The fraction of sp³-hybridized carbons (Fsp3) is 0.375. The molecule has 2 aromatic carbocycles. The van der Waals surface area contributed by atoms with Crippen LogP contribution in [-0.2, 0) is 4.79 Å². The molecule has 154 valence electrons. The molecule has 1 atom stereocenters. The molecule has 0 aliphatic carbocycles. The first-order valence-electron chi connectivity index (χ1n) is 10.2. The maximum absolute atomic E-state index is 12.8. The van der Waals surface area contributed by atoms with Crippen LogP contribution >= 0.6 is 0 Å². The molecule has 1 heterocycles. The van der Waals surface area contributed by atoms with Crippen LogP contribution in [0.1, 0.15) is 18.1 Å². The predicted molar refractivity (Wildman–Crippen MR) is 119 cm³/mol. The summed E-state index contributed by atoms with van der Waals surface area (Å²) >= 11 is 0. The maximum Gasteiger partial charge on any atom is 0.241 e. The average Bonchev–Trinajstić information content (AvgIpc) is 2.74. The van der Waals surface area contributed by atoms with Crippen molar-refractivity contribution in [2.45, 2.75) is 19.9 Å². The molecule has 1 saturated heterocycles. The van der Waals surface area contributed by atoms with Gasteiger partial charge in [-0.2, -0.15) is 0 Å². The van der Waals surface area contributed by atoms with E-state index in [9.17, 15) is 4.79 Å². The van der Waals surface area contributed by atoms with E-state index in [1.54, 1.807) is 7.11 Å². The van der Waals surface area contributed by atoms with E-state index in [2.05, 4.69) is 51.5 Å². The number of rotatable bonds is 7. The zero-order chi connectivity index (χ0) is 20.6. The Bertz CT molecular complexity index is 827. The Labute approximate surface area is 174 Å². The van der Waals surface area contributed by atoms with Crippen LogP contribution in [0.4, 0.5) is 5.69 Å². The third kappa shape index (κ3) is 5.92. The van der Waals surface area contributed by atoms with Crippen LogP contribution in [0.25, 0.3) is 6.08 Å². The maximum atomic E-state index is 12.8. The minimum Gasteiger partial charge on any atom is -0.495 e. The monoisotopic (exact) mass is 393 g/mol. The summed E-state index contributed by atoms with van der Waals surface area (Å²) in [4.78, 5) is 17.4. The molecule has 1 amide bonds. The van der Waals surface area contributed by atoms with E-state index in [1.165, 1.54) is 5.56 Å². The molecule has 1 aliphatic rings.